The highest BCUT2D eigenvalue weighted by Gasteiger charge is 2.18. The molecule has 1 amide bonds. The summed E-state index contributed by atoms with van der Waals surface area (Å²) in [7, 11) is 0. The van der Waals surface area contributed by atoms with E-state index in [-0.39, 0.29) is 5.91 Å². The van der Waals surface area contributed by atoms with E-state index in [2.05, 4.69) is 27.5 Å². The van der Waals surface area contributed by atoms with Crippen molar-refractivity contribution in [3.05, 3.63) is 78.3 Å². The zero-order valence-corrected chi connectivity index (χ0v) is 16.2. The van der Waals surface area contributed by atoms with E-state index in [1.54, 1.807) is 18.3 Å². The molecule has 1 N–H and O–H groups in total. The quantitative estimate of drug-likeness (QED) is 0.538. The van der Waals surface area contributed by atoms with Crippen LogP contribution in [0.1, 0.15) is 36.1 Å². The molecule has 146 valence electrons. The number of amides is 1. The first-order valence-electron chi connectivity index (χ1n) is 9.48. The number of hydrogen-bond acceptors (Lipinski definition) is 5. The Morgan fingerprint density at radius 3 is 2.69 bits per heavy atom. The molecule has 2 aromatic heterocycles. The number of nitrogens with zero attached hydrogens (tertiary/aromatic N) is 4. The predicted octanol–water partition coefficient (Wildman–Crippen LogP) is 4.11. The largest absolute Gasteiger partial charge is 0.341 e. The monoisotopic (exact) mass is 387 g/mol. The Hall–Kier alpha value is -3.74. The summed E-state index contributed by atoms with van der Waals surface area (Å²) in [4.78, 5) is 16.8. The fourth-order valence-electron chi connectivity index (χ4n) is 3.11. The second kappa shape index (κ2) is 8.10. The van der Waals surface area contributed by atoms with Crippen LogP contribution < -0.4 is 5.32 Å². The van der Waals surface area contributed by atoms with Crippen LogP contribution in [0.4, 0.5) is 0 Å². The van der Waals surface area contributed by atoms with Crippen LogP contribution in [0.3, 0.4) is 0 Å². The maximum absolute atomic E-state index is 12.3. The highest BCUT2D eigenvalue weighted by atomic mass is 16.5. The summed E-state index contributed by atoms with van der Waals surface area (Å²) in [5.74, 6) is 0.645. The van der Waals surface area contributed by atoms with Gasteiger partial charge in [0.2, 0.25) is 11.7 Å². The number of aromatic nitrogens is 4. The first kappa shape index (κ1) is 18.6. The van der Waals surface area contributed by atoms with Gasteiger partial charge in [-0.2, -0.15) is 10.1 Å². The third-order valence-electron chi connectivity index (χ3n) is 4.63. The Bertz CT molecular complexity index is 1120. The smallest absolute Gasteiger partial charge is 0.251 e. The van der Waals surface area contributed by atoms with Gasteiger partial charge in [0.1, 0.15) is 6.04 Å². The molecular formula is C22H21N5O2. The third kappa shape index (κ3) is 3.94. The van der Waals surface area contributed by atoms with Crippen LogP contribution in [0.2, 0.25) is 0 Å². The molecule has 4 aromatic rings. The number of carbonyl (C=O) groups excluding carboxylic acids is 1. The summed E-state index contributed by atoms with van der Waals surface area (Å²) in [6.45, 7) is 4.66. The lowest BCUT2D eigenvalue weighted by Gasteiger charge is -2.09. The molecule has 0 fully saturated rings. The first-order chi connectivity index (χ1) is 14.2. The fraction of sp³-hybridized carbons (Fsp3) is 0.182. The van der Waals surface area contributed by atoms with Crippen molar-refractivity contribution in [2.75, 3.05) is 0 Å². The number of aryl methyl sites for hydroxylation is 1. The normalized spacial score (nSPS) is 11.9. The van der Waals surface area contributed by atoms with Gasteiger partial charge in [0, 0.05) is 29.4 Å². The van der Waals surface area contributed by atoms with Gasteiger partial charge >= 0.3 is 0 Å². The van der Waals surface area contributed by atoms with E-state index >= 15 is 0 Å². The summed E-state index contributed by atoms with van der Waals surface area (Å²) < 4.78 is 7.33. The zero-order valence-electron chi connectivity index (χ0n) is 16.2. The minimum atomic E-state index is -0.409. The highest BCUT2D eigenvalue weighted by Crippen LogP contribution is 2.25. The van der Waals surface area contributed by atoms with Crippen LogP contribution >= 0.6 is 0 Å². The standard InChI is InChI=1S/C22H21N5O2/c1-3-27-19(12-13-23-27)17-10-7-11-18(14-17)20-25-22(29-26-20)15(2)24-21(28)16-8-5-4-6-9-16/h4-15H,3H2,1-2H3,(H,24,28)/t15-/m1/s1. The van der Waals surface area contributed by atoms with Gasteiger partial charge < -0.3 is 9.84 Å². The number of hydrogen-bond donors (Lipinski definition) is 1. The van der Waals surface area contributed by atoms with Crippen molar-refractivity contribution in [2.24, 2.45) is 0 Å². The Kier molecular flexibility index (Phi) is 5.20. The number of carbonyl (C=O) groups is 1. The van der Waals surface area contributed by atoms with E-state index in [9.17, 15) is 4.79 Å². The Balaban J connectivity index is 1.53. The molecule has 0 aliphatic rings. The minimum Gasteiger partial charge on any atom is -0.341 e. The van der Waals surface area contributed by atoms with Crippen molar-refractivity contribution in [3.63, 3.8) is 0 Å². The van der Waals surface area contributed by atoms with Crippen molar-refractivity contribution in [1.29, 1.82) is 0 Å². The first-order valence-corrected chi connectivity index (χ1v) is 9.48. The summed E-state index contributed by atoms with van der Waals surface area (Å²) >= 11 is 0. The Morgan fingerprint density at radius 2 is 1.90 bits per heavy atom. The van der Waals surface area contributed by atoms with Crippen LogP contribution in [0.15, 0.2) is 71.4 Å². The summed E-state index contributed by atoms with van der Waals surface area (Å²) in [6.07, 6.45) is 1.79. The van der Waals surface area contributed by atoms with Crippen molar-refractivity contribution < 1.29 is 9.32 Å². The number of rotatable bonds is 6. The lowest BCUT2D eigenvalue weighted by atomic mass is 10.1. The van der Waals surface area contributed by atoms with E-state index < -0.39 is 6.04 Å². The number of benzene rings is 2. The predicted molar refractivity (Wildman–Crippen MR) is 109 cm³/mol. The molecule has 0 aliphatic heterocycles. The van der Waals surface area contributed by atoms with Crippen LogP contribution in [-0.4, -0.2) is 25.8 Å². The van der Waals surface area contributed by atoms with Gasteiger partial charge in [-0.3, -0.25) is 9.48 Å². The second-order valence-corrected chi connectivity index (χ2v) is 6.63. The zero-order chi connectivity index (χ0) is 20.2. The fourth-order valence-corrected chi connectivity index (χ4v) is 3.11. The molecule has 0 spiro atoms. The van der Waals surface area contributed by atoms with Crippen LogP contribution in [0, 0.1) is 0 Å². The van der Waals surface area contributed by atoms with E-state index in [0.29, 0.717) is 17.3 Å². The maximum Gasteiger partial charge on any atom is 0.251 e. The molecule has 0 saturated heterocycles. The number of nitrogens with one attached hydrogen (secondary N) is 1. The van der Waals surface area contributed by atoms with Crippen LogP contribution in [0.5, 0.6) is 0 Å². The van der Waals surface area contributed by atoms with E-state index in [4.69, 9.17) is 4.52 Å². The van der Waals surface area contributed by atoms with Crippen molar-refractivity contribution >= 4 is 5.91 Å². The van der Waals surface area contributed by atoms with Gasteiger partial charge in [-0.05, 0) is 38.1 Å². The third-order valence-corrected chi connectivity index (χ3v) is 4.63. The lowest BCUT2D eigenvalue weighted by molar-refractivity contribution is 0.0932. The molecule has 0 bridgehead atoms. The average Bonchev–Trinajstić information content (AvgIpc) is 3.44. The van der Waals surface area contributed by atoms with Gasteiger partial charge in [0.05, 0.1) is 5.69 Å². The average molecular weight is 387 g/mol. The molecule has 7 heteroatoms. The maximum atomic E-state index is 12.3. The highest BCUT2D eigenvalue weighted by molar-refractivity contribution is 5.94. The molecular weight excluding hydrogens is 366 g/mol. The Morgan fingerprint density at radius 1 is 1.10 bits per heavy atom. The summed E-state index contributed by atoms with van der Waals surface area (Å²) in [6, 6.07) is 18.5. The summed E-state index contributed by atoms with van der Waals surface area (Å²) in [5.41, 5.74) is 3.47. The molecule has 0 radical (unpaired) electrons. The molecule has 7 nitrogen and oxygen atoms in total. The van der Waals surface area contributed by atoms with E-state index in [1.807, 2.05) is 60.1 Å². The van der Waals surface area contributed by atoms with Crippen LogP contribution in [0.25, 0.3) is 22.6 Å². The molecule has 1 atom stereocenters. The van der Waals surface area contributed by atoms with Gasteiger partial charge in [0.15, 0.2) is 0 Å². The molecule has 29 heavy (non-hydrogen) atoms. The van der Waals surface area contributed by atoms with Crippen molar-refractivity contribution in [1.82, 2.24) is 25.2 Å². The van der Waals surface area contributed by atoms with Gasteiger partial charge in [0.25, 0.3) is 5.91 Å². The van der Waals surface area contributed by atoms with Gasteiger partial charge in [-0.1, -0.05) is 41.6 Å². The molecule has 4 rings (SSSR count). The summed E-state index contributed by atoms with van der Waals surface area (Å²) in [5, 5.41) is 11.3. The topological polar surface area (TPSA) is 85.8 Å². The second-order valence-electron chi connectivity index (χ2n) is 6.63. The van der Waals surface area contributed by atoms with Gasteiger partial charge in [-0.25, -0.2) is 0 Å². The molecule has 2 heterocycles. The molecule has 0 unspecified atom stereocenters. The van der Waals surface area contributed by atoms with Crippen molar-refractivity contribution in [3.8, 4) is 22.6 Å². The van der Waals surface area contributed by atoms with Crippen LogP contribution in [-0.2, 0) is 6.54 Å². The molecule has 0 aliphatic carbocycles. The lowest BCUT2D eigenvalue weighted by Crippen LogP contribution is -2.26. The van der Waals surface area contributed by atoms with E-state index in [1.165, 1.54) is 0 Å². The molecule has 0 saturated carbocycles. The molecule has 2 aromatic carbocycles. The Labute approximate surface area is 168 Å². The van der Waals surface area contributed by atoms with E-state index in [0.717, 1.165) is 23.4 Å². The van der Waals surface area contributed by atoms with Crippen molar-refractivity contribution in [2.45, 2.75) is 26.4 Å². The minimum absolute atomic E-state index is 0.187. The SMILES string of the molecule is CCn1nccc1-c1cccc(-c2noc([C@@H](C)NC(=O)c3ccccc3)n2)c1. The van der Waals surface area contributed by atoms with Gasteiger partial charge in [-0.15, -0.1) is 0 Å².